The fraction of sp³-hybridized carbons (Fsp3) is 0.412. The molecule has 0 radical (unpaired) electrons. The number of nitrogens with one attached hydrogen (secondary N) is 2. The van der Waals surface area contributed by atoms with Crippen LogP contribution in [0.3, 0.4) is 0 Å². The van der Waals surface area contributed by atoms with Gasteiger partial charge in [-0.05, 0) is 46.5 Å². The van der Waals surface area contributed by atoms with Crippen molar-refractivity contribution >= 4 is 27.9 Å². The summed E-state index contributed by atoms with van der Waals surface area (Å²) < 4.78 is 11.2. The summed E-state index contributed by atoms with van der Waals surface area (Å²) in [5.41, 5.74) is 1.74. The van der Waals surface area contributed by atoms with Gasteiger partial charge in [-0.15, -0.1) is 0 Å². The molecule has 0 saturated heterocycles. The van der Waals surface area contributed by atoms with Gasteiger partial charge in [-0.1, -0.05) is 19.9 Å². The van der Waals surface area contributed by atoms with Crippen LogP contribution in [0.4, 0.5) is 4.79 Å². The van der Waals surface area contributed by atoms with Crippen molar-refractivity contribution < 1.29 is 19.1 Å². The SMILES string of the molecule is CCOc1ccc(C2NC(=O)NC(C(C)C)=C2C(=O)OC)cc1Br. The van der Waals surface area contributed by atoms with E-state index in [4.69, 9.17) is 9.47 Å². The second-order valence-corrected chi connectivity index (χ2v) is 6.48. The van der Waals surface area contributed by atoms with Crippen molar-refractivity contribution in [3.8, 4) is 5.75 Å². The standard InChI is InChI=1S/C17H21BrN2O4/c1-5-24-12-7-6-10(8-11(12)18)15-13(16(21)23-4)14(9(2)3)19-17(22)20-15/h6-9,15H,5H2,1-4H3,(H2,19,20,22). The topological polar surface area (TPSA) is 76.7 Å². The van der Waals surface area contributed by atoms with Crippen molar-refractivity contribution in [2.75, 3.05) is 13.7 Å². The van der Waals surface area contributed by atoms with E-state index >= 15 is 0 Å². The van der Waals surface area contributed by atoms with E-state index in [1.165, 1.54) is 7.11 Å². The molecule has 24 heavy (non-hydrogen) atoms. The molecule has 2 N–H and O–H groups in total. The number of rotatable bonds is 5. The number of ether oxygens (including phenoxy) is 2. The van der Waals surface area contributed by atoms with Crippen LogP contribution in [0.5, 0.6) is 5.75 Å². The first-order valence-electron chi connectivity index (χ1n) is 7.71. The summed E-state index contributed by atoms with van der Waals surface area (Å²) in [7, 11) is 1.33. The van der Waals surface area contributed by atoms with Crippen molar-refractivity contribution in [3.05, 3.63) is 39.5 Å². The maximum Gasteiger partial charge on any atom is 0.337 e. The molecule has 0 aromatic heterocycles. The van der Waals surface area contributed by atoms with Crippen LogP contribution < -0.4 is 15.4 Å². The Morgan fingerprint density at radius 3 is 2.62 bits per heavy atom. The van der Waals surface area contributed by atoms with Crippen LogP contribution in [-0.2, 0) is 9.53 Å². The Hall–Kier alpha value is -2.02. The average Bonchev–Trinajstić information content (AvgIpc) is 2.55. The number of carbonyl (C=O) groups excluding carboxylic acids is 2. The number of benzene rings is 1. The molecule has 0 spiro atoms. The Labute approximate surface area is 149 Å². The van der Waals surface area contributed by atoms with Gasteiger partial charge in [0.2, 0.25) is 0 Å². The molecule has 2 rings (SSSR count). The molecule has 0 saturated carbocycles. The monoisotopic (exact) mass is 396 g/mol. The summed E-state index contributed by atoms with van der Waals surface area (Å²) in [4.78, 5) is 24.3. The number of urea groups is 1. The van der Waals surface area contributed by atoms with E-state index in [2.05, 4.69) is 26.6 Å². The normalized spacial score (nSPS) is 17.4. The van der Waals surface area contributed by atoms with Crippen molar-refractivity contribution in [3.63, 3.8) is 0 Å². The predicted octanol–water partition coefficient (Wildman–Crippen LogP) is 3.28. The van der Waals surface area contributed by atoms with Gasteiger partial charge in [0.25, 0.3) is 0 Å². The van der Waals surface area contributed by atoms with Gasteiger partial charge in [0.05, 0.1) is 29.8 Å². The average molecular weight is 397 g/mol. The fourth-order valence-corrected chi connectivity index (χ4v) is 3.11. The van der Waals surface area contributed by atoms with Gasteiger partial charge in [-0.2, -0.15) is 0 Å². The molecular formula is C17H21BrN2O4. The number of carbonyl (C=O) groups is 2. The molecule has 1 heterocycles. The van der Waals surface area contributed by atoms with E-state index in [1.807, 2.05) is 32.9 Å². The van der Waals surface area contributed by atoms with Crippen molar-refractivity contribution in [2.45, 2.75) is 26.8 Å². The molecule has 130 valence electrons. The highest BCUT2D eigenvalue weighted by molar-refractivity contribution is 9.10. The minimum Gasteiger partial charge on any atom is -0.493 e. The molecule has 0 aliphatic carbocycles. The lowest BCUT2D eigenvalue weighted by atomic mass is 9.91. The largest absolute Gasteiger partial charge is 0.493 e. The quantitative estimate of drug-likeness (QED) is 0.748. The summed E-state index contributed by atoms with van der Waals surface area (Å²) in [6.07, 6.45) is 0. The summed E-state index contributed by atoms with van der Waals surface area (Å²) in [5.74, 6) is 0.203. The molecule has 7 heteroatoms. The van der Waals surface area contributed by atoms with E-state index < -0.39 is 12.0 Å². The predicted molar refractivity (Wildman–Crippen MR) is 93.6 cm³/mol. The molecule has 1 unspecified atom stereocenters. The maximum absolute atomic E-state index is 12.3. The fourth-order valence-electron chi connectivity index (χ4n) is 2.60. The summed E-state index contributed by atoms with van der Waals surface area (Å²) >= 11 is 3.46. The highest BCUT2D eigenvalue weighted by Crippen LogP contribution is 2.34. The number of esters is 1. The molecule has 2 amide bonds. The third kappa shape index (κ3) is 3.72. The molecular weight excluding hydrogens is 376 g/mol. The first-order chi connectivity index (χ1) is 11.4. The van der Waals surface area contributed by atoms with Gasteiger partial charge in [0.1, 0.15) is 5.75 Å². The summed E-state index contributed by atoms with van der Waals surface area (Å²) in [6.45, 7) is 6.28. The summed E-state index contributed by atoms with van der Waals surface area (Å²) in [6, 6.07) is 4.53. The molecule has 1 aromatic carbocycles. The van der Waals surface area contributed by atoms with Gasteiger partial charge in [-0.3, -0.25) is 0 Å². The Bertz CT molecular complexity index is 685. The van der Waals surface area contributed by atoms with Crippen LogP contribution in [-0.4, -0.2) is 25.7 Å². The van der Waals surface area contributed by atoms with E-state index in [1.54, 1.807) is 6.07 Å². The van der Waals surface area contributed by atoms with Gasteiger partial charge in [0.15, 0.2) is 0 Å². The number of hydrogen-bond acceptors (Lipinski definition) is 4. The van der Waals surface area contributed by atoms with Crippen LogP contribution >= 0.6 is 15.9 Å². The van der Waals surface area contributed by atoms with E-state index in [-0.39, 0.29) is 11.9 Å². The number of allylic oxidation sites excluding steroid dienone is 1. The van der Waals surface area contributed by atoms with E-state index in [9.17, 15) is 9.59 Å². The summed E-state index contributed by atoms with van der Waals surface area (Å²) in [5, 5.41) is 5.51. The first kappa shape index (κ1) is 18.3. The zero-order valence-electron chi connectivity index (χ0n) is 14.1. The molecule has 6 nitrogen and oxygen atoms in total. The van der Waals surface area contributed by atoms with Gasteiger partial charge < -0.3 is 20.1 Å². The van der Waals surface area contributed by atoms with Gasteiger partial charge in [-0.25, -0.2) is 9.59 Å². The lowest BCUT2D eigenvalue weighted by molar-refractivity contribution is -0.136. The third-order valence-electron chi connectivity index (χ3n) is 3.67. The lowest BCUT2D eigenvalue weighted by Crippen LogP contribution is -2.47. The molecule has 1 aliphatic heterocycles. The van der Waals surface area contributed by atoms with Gasteiger partial charge in [0, 0.05) is 5.70 Å². The van der Waals surface area contributed by atoms with Gasteiger partial charge >= 0.3 is 12.0 Å². The number of hydrogen-bond donors (Lipinski definition) is 2. The van der Waals surface area contributed by atoms with Crippen LogP contribution in [0.15, 0.2) is 33.9 Å². The minimum absolute atomic E-state index is 0.0289. The lowest BCUT2D eigenvalue weighted by Gasteiger charge is -2.31. The Balaban J connectivity index is 2.53. The first-order valence-corrected chi connectivity index (χ1v) is 8.50. The Kier molecular flexibility index (Phi) is 5.88. The third-order valence-corrected chi connectivity index (χ3v) is 4.29. The van der Waals surface area contributed by atoms with Crippen LogP contribution in [0.2, 0.25) is 0 Å². The van der Waals surface area contributed by atoms with Crippen molar-refractivity contribution in [1.29, 1.82) is 0 Å². The van der Waals surface area contributed by atoms with Crippen molar-refractivity contribution in [2.24, 2.45) is 5.92 Å². The molecule has 1 aliphatic rings. The van der Waals surface area contributed by atoms with Crippen molar-refractivity contribution in [1.82, 2.24) is 10.6 Å². The maximum atomic E-state index is 12.3. The van der Waals surface area contributed by atoms with Crippen LogP contribution in [0, 0.1) is 5.92 Å². The second-order valence-electron chi connectivity index (χ2n) is 5.63. The smallest absolute Gasteiger partial charge is 0.337 e. The molecule has 0 fully saturated rings. The van der Waals surface area contributed by atoms with E-state index in [0.29, 0.717) is 23.6 Å². The minimum atomic E-state index is -0.587. The second kappa shape index (κ2) is 7.70. The number of halogens is 1. The zero-order chi connectivity index (χ0) is 17.9. The van der Waals surface area contributed by atoms with E-state index in [0.717, 1.165) is 10.0 Å². The Morgan fingerprint density at radius 1 is 1.38 bits per heavy atom. The Morgan fingerprint density at radius 2 is 2.08 bits per heavy atom. The van der Waals surface area contributed by atoms with Crippen LogP contribution in [0.25, 0.3) is 0 Å². The number of methoxy groups -OCH3 is 1. The molecule has 1 atom stereocenters. The highest BCUT2D eigenvalue weighted by atomic mass is 79.9. The number of amides is 2. The zero-order valence-corrected chi connectivity index (χ0v) is 15.7. The van der Waals surface area contributed by atoms with Crippen LogP contribution in [0.1, 0.15) is 32.4 Å². The molecule has 1 aromatic rings. The molecule has 0 bridgehead atoms. The highest BCUT2D eigenvalue weighted by Gasteiger charge is 2.34.